The lowest BCUT2D eigenvalue weighted by molar-refractivity contribution is -0.123. The monoisotopic (exact) mass is 373 g/mol. The summed E-state index contributed by atoms with van der Waals surface area (Å²) in [6, 6.07) is 6.86. The molecule has 3 N–H and O–H groups in total. The van der Waals surface area contributed by atoms with Gasteiger partial charge in [0.15, 0.2) is 0 Å². The zero-order valence-electron chi connectivity index (χ0n) is 15.8. The Kier molecular flexibility index (Phi) is 5.95. The predicted octanol–water partition coefficient (Wildman–Crippen LogP) is 1.48. The summed E-state index contributed by atoms with van der Waals surface area (Å²) < 4.78 is 2.02. The molecule has 146 valence electrons. The number of para-hydroxylation sites is 2. The molecule has 3 rings (SSSR count). The van der Waals surface area contributed by atoms with Crippen LogP contribution in [0.5, 0.6) is 0 Å². The first-order valence-corrected chi connectivity index (χ1v) is 9.43. The van der Waals surface area contributed by atoms with E-state index in [4.69, 9.17) is 5.11 Å². The number of nitrogens with one attached hydrogen (secondary N) is 2. The highest BCUT2D eigenvalue weighted by Crippen LogP contribution is 2.27. The minimum absolute atomic E-state index is 0.0193. The van der Waals surface area contributed by atoms with Crippen LogP contribution >= 0.6 is 0 Å². The van der Waals surface area contributed by atoms with Gasteiger partial charge in [0.2, 0.25) is 11.9 Å². The van der Waals surface area contributed by atoms with Crippen molar-refractivity contribution in [2.75, 3.05) is 24.6 Å². The first-order chi connectivity index (χ1) is 13.0. The van der Waals surface area contributed by atoms with Crippen LogP contribution in [-0.4, -0.2) is 52.3 Å². The number of amides is 3. The highest BCUT2D eigenvalue weighted by molar-refractivity contribution is 5.96. The third kappa shape index (κ3) is 4.21. The molecular formula is C19H27N5O3. The molecule has 3 amide bonds. The molecule has 2 heterocycles. The van der Waals surface area contributed by atoms with Gasteiger partial charge >= 0.3 is 6.03 Å². The SMILES string of the molecule is CC(C)C[C@H](NC(=O)N1CCn2c1nc1ccccc12)C(=O)NCCCO. The molecule has 2 aromatic rings. The van der Waals surface area contributed by atoms with Gasteiger partial charge in [-0.1, -0.05) is 26.0 Å². The van der Waals surface area contributed by atoms with Gasteiger partial charge in [-0.2, -0.15) is 0 Å². The Bertz CT molecular complexity index is 817. The van der Waals surface area contributed by atoms with Crippen molar-refractivity contribution in [3.05, 3.63) is 24.3 Å². The number of carbonyl (C=O) groups excluding carboxylic acids is 2. The highest BCUT2D eigenvalue weighted by atomic mass is 16.3. The van der Waals surface area contributed by atoms with Gasteiger partial charge in [-0.25, -0.2) is 9.78 Å². The number of urea groups is 1. The summed E-state index contributed by atoms with van der Waals surface area (Å²) >= 11 is 0. The number of aliphatic hydroxyl groups is 1. The maximum absolute atomic E-state index is 12.9. The average molecular weight is 373 g/mol. The van der Waals surface area contributed by atoms with Crippen LogP contribution in [0.1, 0.15) is 26.7 Å². The number of nitrogens with zero attached hydrogens (tertiary/aromatic N) is 3. The number of carbonyl (C=O) groups is 2. The van der Waals surface area contributed by atoms with Gasteiger partial charge < -0.3 is 20.3 Å². The van der Waals surface area contributed by atoms with Crippen molar-refractivity contribution in [2.24, 2.45) is 5.92 Å². The molecule has 0 spiro atoms. The quantitative estimate of drug-likeness (QED) is 0.640. The minimum atomic E-state index is -0.616. The standard InChI is InChI=1S/C19H27N5O3/c1-13(2)12-15(17(26)20-8-5-11-25)22-19(27)24-10-9-23-16-7-4-3-6-14(16)21-18(23)24/h3-4,6-7,13,15,25H,5,8-12H2,1-2H3,(H,20,26)(H,22,27)/t15-/m0/s1. The smallest absolute Gasteiger partial charge is 0.324 e. The molecule has 0 radical (unpaired) electrons. The molecule has 1 aliphatic rings. The number of hydrogen-bond donors (Lipinski definition) is 3. The number of imidazole rings is 1. The van der Waals surface area contributed by atoms with Crippen LogP contribution in [0.4, 0.5) is 10.7 Å². The largest absolute Gasteiger partial charge is 0.396 e. The summed E-state index contributed by atoms with van der Waals surface area (Å²) in [5, 5.41) is 14.5. The zero-order chi connectivity index (χ0) is 19.4. The van der Waals surface area contributed by atoms with Crippen molar-refractivity contribution in [3.8, 4) is 0 Å². The molecule has 0 aliphatic carbocycles. The molecule has 0 saturated carbocycles. The molecule has 0 bridgehead atoms. The molecule has 1 aromatic carbocycles. The normalized spacial score (nSPS) is 14.4. The Morgan fingerprint density at radius 1 is 1.26 bits per heavy atom. The Morgan fingerprint density at radius 3 is 2.78 bits per heavy atom. The van der Waals surface area contributed by atoms with E-state index >= 15 is 0 Å². The van der Waals surface area contributed by atoms with Gasteiger partial charge in [-0.3, -0.25) is 9.69 Å². The summed E-state index contributed by atoms with van der Waals surface area (Å²) in [7, 11) is 0. The molecule has 27 heavy (non-hydrogen) atoms. The summed E-state index contributed by atoms with van der Waals surface area (Å²) in [6.45, 7) is 5.63. The fourth-order valence-corrected chi connectivity index (χ4v) is 3.33. The van der Waals surface area contributed by atoms with Crippen LogP contribution < -0.4 is 15.5 Å². The van der Waals surface area contributed by atoms with E-state index in [1.165, 1.54) is 0 Å². The summed E-state index contributed by atoms with van der Waals surface area (Å²) in [6.07, 6.45) is 1.03. The Hall–Kier alpha value is -2.61. The molecule has 0 fully saturated rings. The third-order valence-electron chi connectivity index (χ3n) is 4.62. The predicted molar refractivity (Wildman–Crippen MR) is 104 cm³/mol. The second-order valence-electron chi connectivity index (χ2n) is 7.20. The van der Waals surface area contributed by atoms with E-state index in [1.54, 1.807) is 4.90 Å². The molecule has 1 aliphatic heterocycles. The summed E-state index contributed by atoms with van der Waals surface area (Å²) in [5.41, 5.74) is 1.86. The van der Waals surface area contributed by atoms with Crippen molar-refractivity contribution in [1.29, 1.82) is 0 Å². The van der Waals surface area contributed by atoms with Crippen molar-refractivity contribution in [1.82, 2.24) is 20.2 Å². The van der Waals surface area contributed by atoms with E-state index < -0.39 is 6.04 Å². The summed E-state index contributed by atoms with van der Waals surface area (Å²) in [5.74, 6) is 0.637. The lowest BCUT2D eigenvalue weighted by atomic mass is 10.0. The van der Waals surface area contributed by atoms with Crippen LogP contribution in [0, 0.1) is 5.92 Å². The maximum Gasteiger partial charge on any atom is 0.324 e. The Balaban J connectivity index is 1.72. The number of hydrogen-bond acceptors (Lipinski definition) is 4. The number of aliphatic hydroxyl groups excluding tert-OH is 1. The number of aromatic nitrogens is 2. The number of benzene rings is 1. The second kappa shape index (κ2) is 8.39. The van der Waals surface area contributed by atoms with Crippen LogP contribution in [0.2, 0.25) is 0 Å². The highest BCUT2D eigenvalue weighted by Gasteiger charge is 2.31. The van der Waals surface area contributed by atoms with Gasteiger partial charge in [-0.15, -0.1) is 0 Å². The average Bonchev–Trinajstić information content (AvgIpc) is 3.19. The van der Waals surface area contributed by atoms with Gasteiger partial charge in [0, 0.05) is 26.2 Å². The zero-order valence-corrected chi connectivity index (χ0v) is 15.8. The van der Waals surface area contributed by atoms with Crippen molar-refractivity contribution < 1.29 is 14.7 Å². The van der Waals surface area contributed by atoms with Crippen molar-refractivity contribution >= 4 is 28.9 Å². The molecule has 0 saturated heterocycles. The van der Waals surface area contributed by atoms with Gasteiger partial charge in [0.05, 0.1) is 11.0 Å². The molecule has 8 nitrogen and oxygen atoms in total. The Morgan fingerprint density at radius 2 is 2.04 bits per heavy atom. The van der Waals surface area contributed by atoms with Gasteiger partial charge in [-0.05, 0) is 30.9 Å². The van der Waals surface area contributed by atoms with Crippen LogP contribution in [-0.2, 0) is 11.3 Å². The molecule has 8 heteroatoms. The molecule has 1 aromatic heterocycles. The Labute approximate surface area is 158 Å². The lowest BCUT2D eigenvalue weighted by Gasteiger charge is -2.23. The van der Waals surface area contributed by atoms with Crippen LogP contribution in [0.25, 0.3) is 11.0 Å². The van der Waals surface area contributed by atoms with Gasteiger partial charge in [0.1, 0.15) is 6.04 Å². The lowest BCUT2D eigenvalue weighted by Crippen LogP contribution is -2.51. The fraction of sp³-hybridized carbons (Fsp3) is 0.526. The maximum atomic E-state index is 12.9. The fourth-order valence-electron chi connectivity index (χ4n) is 3.33. The first-order valence-electron chi connectivity index (χ1n) is 9.43. The number of anilines is 1. The van der Waals surface area contributed by atoms with Gasteiger partial charge in [0.25, 0.3) is 0 Å². The topological polar surface area (TPSA) is 99.5 Å². The van der Waals surface area contributed by atoms with Crippen LogP contribution in [0.15, 0.2) is 24.3 Å². The third-order valence-corrected chi connectivity index (χ3v) is 4.62. The van der Waals surface area contributed by atoms with E-state index in [0.717, 1.165) is 11.0 Å². The van der Waals surface area contributed by atoms with E-state index in [9.17, 15) is 9.59 Å². The molecule has 0 unspecified atom stereocenters. The number of rotatable bonds is 7. The second-order valence-corrected chi connectivity index (χ2v) is 7.20. The van der Waals surface area contributed by atoms with E-state index in [2.05, 4.69) is 15.6 Å². The van der Waals surface area contributed by atoms with Crippen molar-refractivity contribution in [2.45, 2.75) is 39.3 Å². The number of fused-ring (bicyclic) bond motifs is 3. The van der Waals surface area contributed by atoms with E-state index in [0.29, 0.717) is 38.4 Å². The van der Waals surface area contributed by atoms with Crippen molar-refractivity contribution in [3.63, 3.8) is 0 Å². The minimum Gasteiger partial charge on any atom is -0.396 e. The molecule has 1 atom stereocenters. The van der Waals surface area contributed by atoms with Crippen LogP contribution in [0.3, 0.4) is 0 Å². The van der Waals surface area contributed by atoms with E-state index in [-0.39, 0.29) is 24.5 Å². The summed E-state index contributed by atoms with van der Waals surface area (Å²) in [4.78, 5) is 31.5. The molecular weight excluding hydrogens is 346 g/mol. The first kappa shape index (κ1) is 19.2. The van der Waals surface area contributed by atoms with E-state index in [1.807, 2.05) is 42.7 Å².